The van der Waals surface area contributed by atoms with Gasteiger partial charge in [0.15, 0.2) is 5.82 Å². The normalized spacial score (nSPS) is 22.8. The third-order valence-electron chi connectivity index (χ3n) is 5.58. The lowest BCUT2D eigenvalue weighted by atomic mass is 10.0. The van der Waals surface area contributed by atoms with E-state index in [2.05, 4.69) is 25.5 Å². The number of rotatable bonds is 5. The van der Waals surface area contributed by atoms with E-state index < -0.39 is 6.09 Å². The van der Waals surface area contributed by atoms with Gasteiger partial charge in [-0.15, -0.1) is 0 Å². The molecule has 2 saturated carbocycles. The minimum absolute atomic E-state index is 0.0553. The highest BCUT2D eigenvalue weighted by molar-refractivity contribution is 5.67. The van der Waals surface area contributed by atoms with Crippen LogP contribution in [0.2, 0.25) is 0 Å². The Morgan fingerprint density at radius 2 is 2.26 bits per heavy atom. The van der Waals surface area contributed by atoms with Crippen LogP contribution in [-0.2, 0) is 0 Å². The van der Waals surface area contributed by atoms with Gasteiger partial charge in [0, 0.05) is 35.5 Å². The smallest absolute Gasteiger partial charge is 0.408 e. The van der Waals surface area contributed by atoms with Crippen molar-refractivity contribution in [2.24, 2.45) is 0 Å². The lowest BCUT2D eigenvalue weighted by Gasteiger charge is -2.32. The highest BCUT2D eigenvalue weighted by Gasteiger charge is 2.50. The molecule has 4 rings (SSSR count). The lowest BCUT2D eigenvalue weighted by molar-refractivity contribution is 0.0955. The molecule has 0 radical (unpaired) electrons. The Hall–Kier alpha value is -3.15. The molecule has 9 heteroatoms. The Bertz CT molecular complexity index is 899. The number of hydrogen-bond donors (Lipinski definition) is 3. The first kappa shape index (κ1) is 17.3. The van der Waals surface area contributed by atoms with Crippen molar-refractivity contribution in [3.8, 4) is 6.07 Å². The summed E-state index contributed by atoms with van der Waals surface area (Å²) in [5, 5.41) is 28.9. The van der Waals surface area contributed by atoms with Crippen LogP contribution in [0.25, 0.3) is 0 Å². The number of aromatic nitrogens is 4. The summed E-state index contributed by atoms with van der Waals surface area (Å²) in [6, 6.07) is 5.55. The van der Waals surface area contributed by atoms with Crippen LogP contribution in [0.5, 0.6) is 0 Å². The Morgan fingerprint density at radius 3 is 2.96 bits per heavy atom. The molecule has 2 aromatic heterocycles. The molecule has 0 aromatic carbocycles. The second kappa shape index (κ2) is 6.54. The maximum Gasteiger partial charge on any atom is 0.408 e. The molecule has 0 spiro atoms. The molecule has 0 unspecified atom stereocenters. The standard InChI is InChI=1S/C18H21N7O2/c1-18(5-6-18)25(17(26)27)12-3-2-11(8-12)13-9-15(24-23-13)21-14-4-7-20-16(10-19)22-14/h4,7,9,11-12H,2-3,5-6,8H2,1H3,(H,26,27)(H2,20,21,22,23,24)/t11-,12+/m0/s1. The van der Waals surface area contributed by atoms with Crippen LogP contribution < -0.4 is 5.32 Å². The minimum Gasteiger partial charge on any atom is -0.465 e. The van der Waals surface area contributed by atoms with Crippen LogP contribution in [-0.4, -0.2) is 47.8 Å². The van der Waals surface area contributed by atoms with Gasteiger partial charge in [0.25, 0.3) is 0 Å². The average molecular weight is 367 g/mol. The van der Waals surface area contributed by atoms with Crippen LogP contribution >= 0.6 is 0 Å². The number of nitrogens with one attached hydrogen (secondary N) is 2. The minimum atomic E-state index is -0.815. The van der Waals surface area contributed by atoms with Crippen molar-refractivity contribution in [2.75, 3.05) is 5.32 Å². The van der Waals surface area contributed by atoms with E-state index in [0.717, 1.165) is 37.8 Å². The Kier molecular flexibility index (Phi) is 4.18. The van der Waals surface area contributed by atoms with Crippen molar-refractivity contribution in [1.29, 1.82) is 5.26 Å². The summed E-state index contributed by atoms with van der Waals surface area (Å²) in [7, 11) is 0. The number of amides is 1. The number of aromatic amines is 1. The van der Waals surface area contributed by atoms with E-state index in [0.29, 0.717) is 11.6 Å². The zero-order valence-electron chi connectivity index (χ0n) is 15.0. The Morgan fingerprint density at radius 1 is 1.44 bits per heavy atom. The number of hydrogen-bond acceptors (Lipinski definition) is 6. The van der Waals surface area contributed by atoms with Gasteiger partial charge in [0.2, 0.25) is 5.82 Å². The van der Waals surface area contributed by atoms with Gasteiger partial charge in [-0.05, 0) is 45.1 Å². The molecule has 2 heterocycles. The molecule has 0 bridgehead atoms. The molecule has 2 fully saturated rings. The molecule has 9 nitrogen and oxygen atoms in total. The monoisotopic (exact) mass is 367 g/mol. The summed E-state index contributed by atoms with van der Waals surface area (Å²) in [4.78, 5) is 21.3. The number of nitrogens with zero attached hydrogens (tertiary/aromatic N) is 5. The number of H-pyrrole nitrogens is 1. The van der Waals surface area contributed by atoms with Gasteiger partial charge in [-0.2, -0.15) is 10.4 Å². The molecule has 0 saturated heterocycles. The molecule has 1 amide bonds. The molecular weight excluding hydrogens is 346 g/mol. The largest absolute Gasteiger partial charge is 0.465 e. The van der Waals surface area contributed by atoms with Crippen molar-refractivity contribution in [3.05, 3.63) is 29.8 Å². The fourth-order valence-corrected chi connectivity index (χ4v) is 3.95. The first-order chi connectivity index (χ1) is 13.0. The van der Waals surface area contributed by atoms with Gasteiger partial charge in [0.05, 0.1) is 0 Å². The SMILES string of the molecule is CC1(N(C(=O)O)[C@@H]2CC[C@H](c3cc(Nc4ccnc(C#N)n4)n[nH]3)C2)CC1. The number of nitriles is 1. The maximum absolute atomic E-state index is 11.7. The van der Waals surface area contributed by atoms with Crippen LogP contribution in [0.3, 0.4) is 0 Å². The number of anilines is 2. The summed E-state index contributed by atoms with van der Waals surface area (Å²) in [5.74, 6) is 1.46. The molecule has 3 N–H and O–H groups in total. The van der Waals surface area contributed by atoms with E-state index in [1.807, 2.05) is 19.1 Å². The maximum atomic E-state index is 11.7. The van der Waals surface area contributed by atoms with Crippen LogP contribution in [0.1, 0.15) is 56.5 Å². The Labute approximate surface area is 156 Å². The van der Waals surface area contributed by atoms with E-state index >= 15 is 0 Å². The highest BCUT2D eigenvalue weighted by atomic mass is 16.4. The van der Waals surface area contributed by atoms with Crippen LogP contribution in [0.15, 0.2) is 18.3 Å². The summed E-state index contributed by atoms with van der Waals surface area (Å²) in [6.45, 7) is 2.03. The van der Waals surface area contributed by atoms with Gasteiger partial charge in [0.1, 0.15) is 11.9 Å². The van der Waals surface area contributed by atoms with E-state index in [-0.39, 0.29) is 23.3 Å². The molecule has 0 aliphatic heterocycles. The molecule has 27 heavy (non-hydrogen) atoms. The molecule has 2 aromatic rings. The highest BCUT2D eigenvalue weighted by Crippen LogP contribution is 2.47. The van der Waals surface area contributed by atoms with Crippen molar-refractivity contribution in [2.45, 2.75) is 56.5 Å². The average Bonchev–Trinajstić information content (AvgIpc) is 3.03. The number of carboxylic acid groups (broad SMARTS) is 1. The number of carbonyl (C=O) groups is 1. The Balaban J connectivity index is 1.43. The van der Waals surface area contributed by atoms with Gasteiger partial charge < -0.3 is 10.4 Å². The van der Waals surface area contributed by atoms with Crippen molar-refractivity contribution in [3.63, 3.8) is 0 Å². The van der Waals surface area contributed by atoms with Crippen LogP contribution in [0.4, 0.5) is 16.4 Å². The van der Waals surface area contributed by atoms with E-state index in [9.17, 15) is 9.90 Å². The zero-order chi connectivity index (χ0) is 19.0. The summed E-state index contributed by atoms with van der Waals surface area (Å²) < 4.78 is 0. The topological polar surface area (TPSA) is 131 Å². The zero-order valence-corrected chi connectivity index (χ0v) is 15.0. The quantitative estimate of drug-likeness (QED) is 0.740. The van der Waals surface area contributed by atoms with E-state index in [4.69, 9.17) is 5.26 Å². The summed E-state index contributed by atoms with van der Waals surface area (Å²) in [6.07, 6.45) is 5.19. The first-order valence-electron chi connectivity index (χ1n) is 9.06. The van der Waals surface area contributed by atoms with Crippen LogP contribution in [0, 0.1) is 11.3 Å². The second-order valence-corrected chi connectivity index (χ2v) is 7.52. The van der Waals surface area contributed by atoms with Gasteiger partial charge in [-0.3, -0.25) is 10.00 Å². The fourth-order valence-electron chi connectivity index (χ4n) is 3.95. The molecule has 140 valence electrons. The van der Waals surface area contributed by atoms with Crippen molar-refractivity contribution < 1.29 is 9.90 Å². The second-order valence-electron chi connectivity index (χ2n) is 7.52. The van der Waals surface area contributed by atoms with E-state index in [1.165, 1.54) is 6.20 Å². The van der Waals surface area contributed by atoms with Gasteiger partial charge >= 0.3 is 6.09 Å². The third-order valence-corrected chi connectivity index (χ3v) is 5.58. The van der Waals surface area contributed by atoms with E-state index in [1.54, 1.807) is 11.0 Å². The molecule has 2 atom stereocenters. The predicted octanol–water partition coefficient (Wildman–Crippen LogP) is 2.98. The fraction of sp³-hybridized carbons (Fsp3) is 0.500. The predicted molar refractivity (Wildman–Crippen MR) is 96.5 cm³/mol. The van der Waals surface area contributed by atoms with Crippen molar-refractivity contribution in [1.82, 2.24) is 25.1 Å². The molecule has 2 aliphatic carbocycles. The third kappa shape index (κ3) is 3.43. The summed E-state index contributed by atoms with van der Waals surface area (Å²) >= 11 is 0. The molecule has 2 aliphatic rings. The first-order valence-corrected chi connectivity index (χ1v) is 9.06. The lowest BCUT2D eigenvalue weighted by Crippen LogP contribution is -2.45. The van der Waals surface area contributed by atoms with Crippen molar-refractivity contribution >= 4 is 17.7 Å². The molecular formula is C18H21N7O2. The van der Waals surface area contributed by atoms with Gasteiger partial charge in [-0.25, -0.2) is 14.8 Å². The summed E-state index contributed by atoms with van der Waals surface area (Å²) in [5.41, 5.74) is 0.804. The van der Waals surface area contributed by atoms with Gasteiger partial charge in [-0.1, -0.05) is 0 Å².